The minimum absolute atomic E-state index is 0.306. The van der Waals surface area contributed by atoms with Gasteiger partial charge in [-0.1, -0.05) is 0 Å². The number of amides is 2. The van der Waals surface area contributed by atoms with Crippen LogP contribution in [0, 0.1) is 5.82 Å². The number of benzene rings is 1. The fourth-order valence-corrected chi connectivity index (χ4v) is 1.29. The van der Waals surface area contributed by atoms with Crippen LogP contribution >= 0.6 is 0 Å². The van der Waals surface area contributed by atoms with Crippen LogP contribution in [0.5, 0.6) is 0 Å². The Morgan fingerprint density at radius 1 is 1.24 bits per heavy atom. The van der Waals surface area contributed by atoms with Gasteiger partial charge in [-0.2, -0.15) is 0 Å². The molecule has 0 saturated carbocycles. The summed E-state index contributed by atoms with van der Waals surface area (Å²) in [6.45, 7) is 0.306. The highest BCUT2D eigenvalue weighted by molar-refractivity contribution is 5.89. The molecule has 1 aromatic carbocycles. The monoisotopic (exact) mass is 234 g/mol. The molecule has 0 spiro atoms. The average molecular weight is 234 g/mol. The van der Waals surface area contributed by atoms with Crippen LogP contribution in [0.4, 0.5) is 14.9 Å². The molecule has 2 rings (SSSR count). The van der Waals surface area contributed by atoms with E-state index >= 15 is 0 Å². The molecular weight excluding hydrogens is 223 g/mol. The minimum atomic E-state index is -0.368. The number of halogens is 1. The molecule has 0 unspecified atom stereocenters. The highest BCUT2D eigenvalue weighted by Gasteiger charge is 2.02. The van der Waals surface area contributed by atoms with Crippen molar-refractivity contribution in [2.24, 2.45) is 0 Å². The second kappa shape index (κ2) is 5.16. The van der Waals surface area contributed by atoms with Gasteiger partial charge in [0.05, 0.1) is 12.8 Å². The number of furan rings is 1. The Labute approximate surface area is 97.4 Å². The van der Waals surface area contributed by atoms with Gasteiger partial charge in [0.1, 0.15) is 11.6 Å². The second-order valence-corrected chi connectivity index (χ2v) is 3.39. The van der Waals surface area contributed by atoms with Crippen molar-refractivity contribution in [1.82, 2.24) is 5.32 Å². The molecule has 4 nitrogen and oxygen atoms in total. The van der Waals surface area contributed by atoms with Gasteiger partial charge >= 0.3 is 6.03 Å². The molecule has 5 heteroatoms. The number of hydrogen-bond donors (Lipinski definition) is 2. The van der Waals surface area contributed by atoms with Crippen molar-refractivity contribution in [3.05, 3.63) is 54.2 Å². The lowest BCUT2D eigenvalue weighted by atomic mass is 10.3. The Hall–Kier alpha value is -2.30. The molecule has 88 valence electrons. The van der Waals surface area contributed by atoms with Crippen LogP contribution in [0.2, 0.25) is 0 Å². The lowest BCUT2D eigenvalue weighted by Crippen LogP contribution is -2.27. The smallest absolute Gasteiger partial charge is 0.319 e. The average Bonchev–Trinajstić information content (AvgIpc) is 2.83. The van der Waals surface area contributed by atoms with Gasteiger partial charge in [-0.15, -0.1) is 0 Å². The zero-order valence-electron chi connectivity index (χ0n) is 8.94. The Morgan fingerprint density at radius 3 is 2.65 bits per heavy atom. The molecule has 2 aromatic rings. The Bertz CT molecular complexity index is 480. The summed E-state index contributed by atoms with van der Waals surface area (Å²) in [5.41, 5.74) is 0.531. The third kappa shape index (κ3) is 3.34. The van der Waals surface area contributed by atoms with Gasteiger partial charge in [0, 0.05) is 5.69 Å². The van der Waals surface area contributed by atoms with Crippen LogP contribution in [0.1, 0.15) is 5.76 Å². The molecule has 2 N–H and O–H groups in total. The van der Waals surface area contributed by atoms with Gasteiger partial charge < -0.3 is 15.1 Å². The van der Waals surface area contributed by atoms with Crippen molar-refractivity contribution in [2.75, 3.05) is 5.32 Å². The summed E-state index contributed by atoms with van der Waals surface area (Å²) >= 11 is 0. The van der Waals surface area contributed by atoms with Crippen molar-refractivity contribution in [2.45, 2.75) is 6.54 Å². The zero-order valence-corrected chi connectivity index (χ0v) is 8.94. The summed E-state index contributed by atoms with van der Waals surface area (Å²) in [5, 5.41) is 5.18. The second-order valence-electron chi connectivity index (χ2n) is 3.39. The maximum atomic E-state index is 12.6. The number of carbonyl (C=O) groups is 1. The van der Waals surface area contributed by atoms with E-state index in [1.165, 1.54) is 30.5 Å². The molecule has 1 aromatic heterocycles. The lowest BCUT2D eigenvalue weighted by molar-refractivity contribution is 0.251. The predicted molar refractivity (Wildman–Crippen MR) is 61.0 cm³/mol. The van der Waals surface area contributed by atoms with Crippen LogP contribution in [0.15, 0.2) is 47.1 Å². The first-order valence-corrected chi connectivity index (χ1v) is 5.07. The van der Waals surface area contributed by atoms with E-state index in [4.69, 9.17) is 4.42 Å². The zero-order chi connectivity index (χ0) is 12.1. The molecule has 1 heterocycles. The first-order valence-electron chi connectivity index (χ1n) is 5.07. The van der Waals surface area contributed by atoms with Crippen molar-refractivity contribution in [3.63, 3.8) is 0 Å². The molecule has 0 aliphatic heterocycles. The number of anilines is 1. The van der Waals surface area contributed by atoms with E-state index in [9.17, 15) is 9.18 Å². The number of carbonyl (C=O) groups excluding carboxylic acids is 1. The van der Waals surface area contributed by atoms with Crippen LogP contribution < -0.4 is 10.6 Å². The van der Waals surface area contributed by atoms with E-state index in [-0.39, 0.29) is 11.8 Å². The SMILES string of the molecule is O=C(NCc1ccco1)Nc1ccc(F)cc1. The maximum Gasteiger partial charge on any atom is 0.319 e. The molecule has 0 aliphatic rings. The summed E-state index contributed by atoms with van der Waals surface area (Å²) in [6, 6.07) is 8.68. The van der Waals surface area contributed by atoms with Gasteiger partial charge in [-0.3, -0.25) is 0 Å². The number of nitrogens with one attached hydrogen (secondary N) is 2. The van der Waals surface area contributed by atoms with Crippen LogP contribution in [-0.4, -0.2) is 6.03 Å². The van der Waals surface area contributed by atoms with Crippen molar-refractivity contribution >= 4 is 11.7 Å². The molecule has 2 amide bonds. The quantitative estimate of drug-likeness (QED) is 0.857. The summed E-state index contributed by atoms with van der Waals surface area (Å²) < 4.78 is 17.7. The molecule has 0 radical (unpaired) electrons. The summed E-state index contributed by atoms with van der Waals surface area (Å²) in [5.74, 6) is 0.325. The van der Waals surface area contributed by atoms with Gasteiger partial charge in [-0.25, -0.2) is 9.18 Å². The normalized spacial score (nSPS) is 9.94. The van der Waals surface area contributed by atoms with E-state index in [1.807, 2.05) is 0 Å². The third-order valence-corrected chi connectivity index (χ3v) is 2.11. The van der Waals surface area contributed by atoms with Crippen molar-refractivity contribution in [3.8, 4) is 0 Å². The van der Waals surface area contributed by atoms with Crippen molar-refractivity contribution < 1.29 is 13.6 Å². The maximum absolute atomic E-state index is 12.6. The highest BCUT2D eigenvalue weighted by Crippen LogP contribution is 2.07. The van der Waals surface area contributed by atoms with Gasteiger partial charge in [0.2, 0.25) is 0 Å². The lowest BCUT2D eigenvalue weighted by Gasteiger charge is -2.06. The molecular formula is C12H11FN2O2. The summed E-state index contributed by atoms with van der Waals surface area (Å²) in [7, 11) is 0. The van der Waals surface area contributed by atoms with E-state index < -0.39 is 0 Å². The Morgan fingerprint density at radius 2 is 2.00 bits per heavy atom. The summed E-state index contributed by atoms with van der Waals surface area (Å²) in [6.07, 6.45) is 1.54. The van der Waals surface area contributed by atoms with Crippen LogP contribution in [0.25, 0.3) is 0 Å². The largest absolute Gasteiger partial charge is 0.467 e. The van der Waals surface area contributed by atoms with E-state index in [0.29, 0.717) is 18.0 Å². The van der Waals surface area contributed by atoms with Crippen LogP contribution in [0.3, 0.4) is 0 Å². The van der Waals surface area contributed by atoms with Crippen LogP contribution in [-0.2, 0) is 6.54 Å². The Kier molecular flexibility index (Phi) is 3.40. The Balaban J connectivity index is 1.83. The minimum Gasteiger partial charge on any atom is -0.467 e. The van der Waals surface area contributed by atoms with Gasteiger partial charge in [0.15, 0.2) is 0 Å². The molecule has 0 saturated heterocycles. The molecule has 0 aliphatic carbocycles. The first kappa shape index (κ1) is 11.2. The van der Waals surface area contributed by atoms with E-state index in [1.54, 1.807) is 12.1 Å². The number of urea groups is 1. The molecule has 17 heavy (non-hydrogen) atoms. The van der Waals surface area contributed by atoms with Gasteiger partial charge in [0.25, 0.3) is 0 Å². The van der Waals surface area contributed by atoms with E-state index in [2.05, 4.69) is 10.6 Å². The van der Waals surface area contributed by atoms with Crippen molar-refractivity contribution in [1.29, 1.82) is 0 Å². The molecule has 0 atom stereocenters. The third-order valence-electron chi connectivity index (χ3n) is 2.11. The fourth-order valence-electron chi connectivity index (χ4n) is 1.29. The first-order chi connectivity index (χ1) is 8.24. The summed E-state index contributed by atoms with van der Waals surface area (Å²) in [4.78, 5) is 11.4. The topological polar surface area (TPSA) is 54.3 Å². The highest BCUT2D eigenvalue weighted by atomic mass is 19.1. The number of hydrogen-bond acceptors (Lipinski definition) is 2. The number of rotatable bonds is 3. The molecule has 0 bridgehead atoms. The molecule has 0 fully saturated rings. The van der Waals surface area contributed by atoms with Gasteiger partial charge in [-0.05, 0) is 36.4 Å². The fraction of sp³-hybridized carbons (Fsp3) is 0.0833. The standard InChI is InChI=1S/C12H11FN2O2/c13-9-3-5-10(6-4-9)15-12(16)14-8-11-2-1-7-17-11/h1-7H,8H2,(H2,14,15,16). The van der Waals surface area contributed by atoms with E-state index in [0.717, 1.165) is 0 Å². The predicted octanol–water partition coefficient (Wildman–Crippen LogP) is 2.74.